The molecule has 2 atom stereocenters. The van der Waals surface area contributed by atoms with Gasteiger partial charge in [0.15, 0.2) is 0 Å². The van der Waals surface area contributed by atoms with Gasteiger partial charge in [-0.2, -0.15) is 0 Å². The third-order valence-corrected chi connectivity index (χ3v) is 8.32. The van der Waals surface area contributed by atoms with Crippen LogP contribution in [0, 0.1) is 17.8 Å². The van der Waals surface area contributed by atoms with Crippen LogP contribution in [0.3, 0.4) is 0 Å². The predicted octanol–water partition coefficient (Wildman–Crippen LogP) is 5.66. The summed E-state index contributed by atoms with van der Waals surface area (Å²) < 4.78 is 17.3. The molecule has 0 unspecified atom stereocenters. The molecule has 1 saturated heterocycles. The fraction of sp³-hybridized carbons (Fsp3) is 0.571. The lowest BCUT2D eigenvalue weighted by Gasteiger charge is -2.41. The van der Waals surface area contributed by atoms with Crippen molar-refractivity contribution in [3.8, 4) is 11.5 Å². The molecule has 2 aliphatic rings. The van der Waals surface area contributed by atoms with Gasteiger partial charge in [0.1, 0.15) is 17.1 Å². The second-order valence-electron chi connectivity index (χ2n) is 13.5. The number of fused-ring (bicyclic) bond motifs is 2. The standard InChI is InChI=1S/C35H49N3O6/c1-24(2)20-36-31(39)25-19-26(22-38(21-25)33(41)44-34(3,4)5)32(40)37-23-35(17-11-12-18-42-6)27-13-7-9-15-29(27)43-30-16-10-8-14-28(30)35/h7-10,13-16,24-26H,11-12,17-23H2,1-6H3,(H,36,39)(H,37,40)/t25-,26+/m1/s1. The zero-order valence-corrected chi connectivity index (χ0v) is 27.1. The van der Waals surface area contributed by atoms with Crippen molar-refractivity contribution >= 4 is 17.9 Å². The first-order valence-corrected chi connectivity index (χ1v) is 15.8. The van der Waals surface area contributed by atoms with Gasteiger partial charge in [0.05, 0.1) is 11.8 Å². The summed E-state index contributed by atoms with van der Waals surface area (Å²) in [4.78, 5) is 41.8. The quantitative estimate of drug-likeness (QED) is 0.320. The van der Waals surface area contributed by atoms with Crippen molar-refractivity contribution in [3.63, 3.8) is 0 Å². The molecule has 0 saturated carbocycles. The minimum absolute atomic E-state index is 0.147. The van der Waals surface area contributed by atoms with E-state index >= 15 is 0 Å². The smallest absolute Gasteiger partial charge is 0.410 e. The van der Waals surface area contributed by atoms with E-state index in [9.17, 15) is 14.4 Å². The number of methoxy groups -OCH3 is 1. The zero-order chi connectivity index (χ0) is 31.9. The second-order valence-corrected chi connectivity index (χ2v) is 13.5. The number of benzene rings is 2. The highest BCUT2D eigenvalue weighted by atomic mass is 16.6. The summed E-state index contributed by atoms with van der Waals surface area (Å²) in [5.41, 5.74) is 0.839. The van der Waals surface area contributed by atoms with Crippen LogP contribution in [0.15, 0.2) is 48.5 Å². The van der Waals surface area contributed by atoms with E-state index in [0.29, 0.717) is 26.1 Å². The van der Waals surface area contributed by atoms with Crippen LogP contribution >= 0.6 is 0 Å². The van der Waals surface area contributed by atoms with E-state index in [-0.39, 0.29) is 30.8 Å². The fourth-order valence-electron chi connectivity index (χ4n) is 6.17. The Hall–Kier alpha value is -3.59. The first kappa shape index (κ1) is 33.3. The molecule has 2 N–H and O–H groups in total. The number of amides is 3. The number of nitrogens with zero attached hydrogens (tertiary/aromatic N) is 1. The molecule has 0 radical (unpaired) electrons. The van der Waals surface area contributed by atoms with Crippen LogP contribution in [-0.4, -0.2) is 68.3 Å². The van der Waals surface area contributed by atoms with Gasteiger partial charge in [-0.05, 0) is 64.5 Å². The molecule has 240 valence electrons. The Morgan fingerprint density at radius 1 is 0.932 bits per heavy atom. The van der Waals surface area contributed by atoms with E-state index in [1.165, 1.54) is 4.90 Å². The Kier molecular flexibility index (Phi) is 10.9. The van der Waals surface area contributed by atoms with Crippen LogP contribution in [0.25, 0.3) is 0 Å². The third kappa shape index (κ3) is 8.11. The zero-order valence-electron chi connectivity index (χ0n) is 27.1. The SMILES string of the molecule is COCCCCC1(CNC(=O)[C@H]2C[C@@H](C(=O)NCC(C)C)CN(C(=O)OC(C)(C)C)C2)c2ccccc2Oc2ccccc21. The van der Waals surface area contributed by atoms with Crippen molar-refractivity contribution < 1.29 is 28.6 Å². The number of carbonyl (C=O) groups excluding carboxylic acids is 3. The molecule has 44 heavy (non-hydrogen) atoms. The highest BCUT2D eigenvalue weighted by Crippen LogP contribution is 2.50. The largest absolute Gasteiger partial charge is 0.457 e. The molecule has 0 aromatic heterocycles. The summed E-state index contributed by atoms with van der Waals surface area (Å²) in [6.07, 6.45) is 2.39. The van der Waals surface area contributed by atoms with Gasteiger partial charge in [0.25, 0.3) is 0 Å². The molecule has 0 bridgehead atoms. The molecule has 9 heteroatoms. The summed E-state index contributed by atoms with van der Waals surface area (Å²) in [6, 6.07) is 16.0. The van der Waals surface area contributed by atoms with E-state index in [1.807, 2.05) is 71.0 Å². The maximum atomic E-state index is 14.0. The van der Waals surface area contributed by atoms with Crippen LogP contribution in [0.1, 0.15) is 71.4 Å². The van der Waals surface area contributed by atoms with Gasteiger partial charge < -0.3 is 29.7 Å². The summed E-state index contributed by atoms with van der Waals surface area (Å²) >= 11 is 0. The molecule has 2 aliphatic heterocycles. The van der Waals surface area contributed by atoms with Crippen molar-refractivity contribution in [1.29, 1.82) is 0 Å². The Bertz CT molecular complexity index is 1260. The molecule has 3 amide bonds. The van der Waals surface area contributed by atoms with Crippen molar-refractivity contribution in [2.75, 3.05) is 39.9 Å². The van der Waals surface area contributed by atoms with Gasteiger partial charge in [0.2, 0.25) is 11.8 Å². The minimum Gasteiger partial charge on any atom is -0.457 e. The number of piperidine rings is 1. The molecule has 4 rings (SSSR count). The monoisotopic (exact) mass is 607 g/mol. The number of likely N-dealkylation sites (tertiary alicyclic amines) is 1. The Morgan fingerprint density at radius 2 is 1.50 bits per heavy atom. The number of rotatable bonds is 11. The molecule has 0 spiro atoms. The summed E-state index contributed by atoms with van der Waals surface area (Å²) in [6.45, 7) is 11.4. The van der Waals surface area contributed by atoms with E-state index in [2.05, 4.69) is 22.8 Å². The fourth-order valence-corrected chi connectivity index (χ4v) is 6.17. The van der Waals surface area contributed by atoms with Crippen LogP contribution < -0.4 is 15.4 Å². The molecule has 2 aromatic carbocycles. The van der Waals surface area contributed by atoms with Gasteiger partial charge in [-0.3, -0.25) is 9.59 Å². The Balaban J connectivity index is 1.60. The number of hydrogen-bond acceptors (Lipinski definition) is 6. The maximum Gasteiger partial charge on any atom is 0.410 e. The van der Waals surface area contributed by atoms with Crippen molar-refractivity contribution in [3.05, 3.63) is 59.7 Å². The molecular weight excluding hydrogens is 558 g/mol. The number of carbonyl (C=O) groups is 3. The number of hydrogen-bond donors (Lipinski definition) is 2. The number of para-hydroxylation sites is 2. The van der Waals surface area contributed by atoms with E-state index < -0.39 is 28.9 Å². The van der Waals surface area contributed by atoms with E-state index in [0.717, 1.165) is 41.9 Å². The molecule has 2 heterocycles. The van der Waals surface area contributed by atoms with Crippen molar-refractivity contribution in [2.24, 2.45) is 17.8 Å². The Morgan fingerprint density at radius 3 is 2.05 bits per heavy atom. The third-order valence-electron chi connectivity index (χ3n) is 8.32. The average Bonchev–Trinajstić information content (AvgIpc) is 2.99. The van der Waals surface area contributed by atoms with E-state index in [1.54, 1.807) is 7.11 Å². The molecular formula is C35H49N3O6. The topological polar surface area (TPSA) is 106 Å². The number of unbranched alkanes of at least 4 members (excludes halogenated alkanes) is 1. The van der Waals surface area contributed by atoms with Crippen LogP contribution in [0.2, 0.25) is 0 Å². The molecule has 1 fully saturated rings. The maximum absolute atomic E-state index is 14.0. The van der Waals surface area contributed by atoms with Gasteiger partial charge in [-0.15, -0.1) is 0 Å². The summed E-state index contributed by atoms with van der Waals surface area (Å²) in [5, 5.41) is 6.26. The molecule has 0 aliphatic carbocycles. The van der Waals surface area contributed by atoms with Gasteiger partial charge >= 0.3 is 6.09 Å². The molecule has 9 nitrogen and oxygen atoms in total. The summed E-state index contributed by atoms with van der Waals surface area (Å²) in [5.74, 6) is 0.434. The van der Waals surface area contributed by atoms with Crippen LogP contribution in [0.4, 0.5) is 4.79 Å². The van der Waals surface area contributed by atoms with Crippen molar-refractivity contribution in [1.82, 2.24) is 15.5 Å². The molecule has 2 aromatic rings. The normalized spacial score (nSPS) is 18.9. The van der Waals surface area contributed by atoms with Gasteiger partial charge in [-0.25, -0.2) is 4.79 Å². The highest BCUT2D eigenvalue weighted by molar-refractivity contribution is 5.84. The first-order valence-electron chi connectivity index (χ1n) is 15.8. The van der Waals surface area contributed by atoms with Gasteiger partial charge in [-0.1, -0.05) is 50.2 Å². The van der Waals surface area contributed by atoms with Crippen LogP contribution in [-0.2, 0) is 24.5 Å². The van der Waals surface area contributed by atoms with Crippen molar-refractivity contribution in [2.45, 2.75) is 71.3 Å². The minimum atomic E-state index is -0.694. The van der Waals surface area contributed by atoms with Gasteiger partial charge in [0, 0.05) is 56.4 Å². The summed E-state index contributed by atoms with van der Waals surface area (Å²) in [7, 11) is 1.70. The van der Waals surface area contributed by atoms with E-state index in [4.69, 9.17) is 14.2 Å². The number of ether oxygens (including phenoxy) is 3. The highest BCUT2D eigenvalue weighted by Gasteiger charge is 2.43. The lowest BCUT2D eigenvalue weighted by Crippen LogP contribution is -2.54. The first-order chi connectivity index (χ1) is 20.9. The average molecular weight is 608 g/mol. The Labute approximate surface area is 262 Å². The predicted molar refractivity (Wildman–Crippen MR) is 170 cm³/mol. The van der Waals surface area contributed by atoms with Crippen LogP contribution in [0.5, 0.6) is 11.5 Å². The lowest BCUT2D eigenvalue weighted by atomic mass is 9.69. The number of nitrogens with one attached hydrogen (secondary N) is 2. The second kappa shape index (κ2) is 14.5. The lowest BCUT2D eigenvalue weighted by molar-refractivity contribution is -0.131.